The molecule has 5 heteroatoms. The highest BCUT2D eigenvalue weighted by Crippen LogP contribution is 2.29. The zero-order valence-electron chi connectivity index (χ0n) is 15.3. The van der Waals surface area contributed by atoms with Gasteiger partial charge in [-0.1, -0.05) is 37.0 Å². The van der Waals surface area contributed by atoms with Crippen LogP contribution in [0.4, 0.5) is 5.82 Å². The Bertz CT molecular complexity index is 1150. The molecule has 0 fully saturated rings. The molecule has 5 nitrogen and oxygen atoms in total. The van der Waals surface area contributed by atoms with Gasteiger partial charge in [-0.2, -0.15) is 0 Å². The zero-order chi connectivity index (χ0) is 18.6. The van der Waals surface area contributed by atoms with Gasteiger partial charge in [0.15, 0.2) is 5.82 Å². The fourth-order valence-electron chi connectivity index (χ4n) is 3.34. The van der Waals surface area contributed by atoms with Crippen LogP contribution in [0.3, 0.4) is 0 Å². The number of nitrogens with zero attached hydrogens (tertiary/aromatic N) is 4. The largest absolute Gasteiger partial charge is 0.382 e. The number of aromatic nitrogens is 4. The predicted octanol–water partition coefficient (Wildman–Crippen LogP) is 3.96. The Morgan fingerprint density at radius 1 is 1.11 bits per heavy atom. The summed E-state index contributed by atoms with van der Waals surface area (Å²) in [6, 6.07) is 12.0. The molecule has 3 aromatic heterocycles. The minimum atomic E-state index is 0.494. The van der Waals surface area contributed by atoms with Crippen LogP contribution in [-0.4, -0.2) is 19.5 Å². The van der Waals surface area contributed by atoms with E-state index in [0.717, 1.165) is 59.1 Å². The lowest BCUT2D eigenvalue weighted by atomic mass is 10.2. The van der Waals surface area contributed by atoms with E-state index >= 15 is 0 Å². The van der Waals surface area contributed by atoms with Gasteiger partial charge in [-0.05, 0) is 24.6 Å². The molecule has 0 bridgehead atoms. The zero-order valence-corrected chi connectivity index (χ0v) is 15.3. The van der Waals surface area contributed by atoms with Crippen molar-refractivity contribution in [1.29, 1.82) is 0 Å². The lowest BCUT2D eigenvalue weighted by Crippen LogP contribution is -2.03. The van der Waals surface area contributed by atoms with Crippen LogP contribution in [0.5, 0.6) is 0 Å². The van der Waals surface area contributed by atoms with E-state index in [1.165, 1.54) is 0 Å². The Balaban J connectivity index is 1.64. The van der Waals surface area contributed by atoms with Crippen molar-refractivity contribution in [2.24, 2.45) is 0 Å². The number of anilines is 1. The van der Waals surface area contributed by atoms with Gasteiger partial charge >= 0.3 is 0 Å². The third-order valence-corrected chi connectivity index (χ3v) is 4.58. The highest BCUT2D eigenvalue weighted by atomic mass is 15.1. The lowest BCUT2D eigenvalue weighted by Gasteiger charge is -2.09. The summed E-state index contributed by atoms with van der Waals surface area (Å²) in [6.45, 7) is 2.97. The van der Waals surface area contributed by atoms with Crippen LogP contribution in [0.25, 0.3) is 21.9 Å². The van der Waals surface area contributed by atoms with Crippen molar-refractivity contribution in [3.05, 3.63) is 60.2 Å². The summed E-state index contributed by atoms with van der Waals surface area (Å²) in [5.74, 6) is 7.93. The third kappa shape index (κ3) is 3.34. The Labute approximate surface area is 158 Å². The molecule has 0 atom stereocenters. The fourth-order valence-corrected chi connectivity index (χ4v) is 3.34. The van der Waals surface area contributed by atoms with Crippen molar-refractivity contribution in [2.75, 3.05) is 5.73 Å². The van der Waals surface area contributed by atoms with Crippen LogP contribution >= 0.6 is 0 Å². The van der Waals surface area contributed by atoms with Crippen LogP contribution in [0.15, 0.2) is 48.8 Å². The van der Waals surface area contributed by atoms with Crippen molar-refractivity contribution >= 4 is 27.8 Å². The first kappa shape index (κ1) is 17.0. The summed E-state index contributed by atoms with van der Waals surface area (Å²) < 4.78 is 2.28. The number of benzene rings is 1. The minimum absolute atomic E-state index is 0.494. The highest BCUT2D eigenvalue weighted by Gasteiger charge is 2.15. The molecule has 0 aliphatic rings. The van der Waals surface area contributed by atoms with Gasteiger partial charge in [0.25, 0.3) is 0 Å². The minimum Gasteiger partial charge on any atom is -0.382 e. The monoisotopic (exact) mass is 355 g/mol. The van der Waals surface area contributed by atoms with Crippen LogP contribution in [-0.2, 0) is 13.0 Å². The Morgan fingerprint density at radius 2 is 2.00 bits per heavy atom. The van der Waals surface area contributed by atoms with Gasteiger partial charge in [0, 0.05) is 42.7 Å². The average molecular weight is 355 g/mol. The molecule has 1 aromatic carbocycles. The van der Waals surface area contributed by atoms with Gasteiger partial charge in [0.2, 0.25) is 0 Å². The van der Waals surface area contributed by atoms with Crippen LogP contribution in [0, 0.1) is 11.8 Å². The maximum absolute atomic E-state index is 6.18. The maximum atomic E-state index is 6.18. The Morgan fingerprint density at radius 3 is 2.81 bits per heavy atom. The number of hydrogen-bond acceptors (Lipinski definition) is 4. The topological polar surface area (TPSA) is 69.6 Å². The first-order chi connectivity index (χ1) is 13.3. The van der Waals surface area contributed by atoms with Gasteiger partial charge in [-0.3, -0.25) is 4.98 Å². The quantitative estimate of drug-likeness (QED) is 0.444. The maximum Gasteiger partial charge on any atom is 0.152 e. The second kappa shape index (κ2) is 7.46. The number of imidazole rings is 1. The van der Waals surface area contributed by atoms with E-state index in [0.29, 0.717) is 5.82 Å². The number of nitrogens with two attached hydrogens (primary N) is 1. The fraction of sp³-hybridized carbons (Fsp3) is 0.227. The average Bonchev–Trinajstić information content (AvgIpc) is 3.08. The van der Waals surface area contributed by atoms with Crippen molar-refractivity contribution in [3.63, 3.8) is 0 Å². The molecule has 134 valence electrons. The molecule has 4 rings (SSSR count). The number of unbranched alkanes of at least 4 members (excludes halogenated alkanes) is 1. The van der Waals surface area contributed by atoms with Gasteiger partial charge in [0.1, 0.15) is 11.3 Å². The molecular formula is C22H21N5. The molecule has 0 saturated heterocycles. The summed E-state index contributed by atoms with van der Waals surface area (Å²) in [6.07, 6.45) is 6.16. The van der Waals surface area contributed by atoms with Crippen molar-refractivity contribution < 1.29 is 0 Å². The third-order valence-electron chi connectivity index (χ3n) is 4.58. The van der Waals surface area contributed by atoms with E-state index in [9.17, 15) is 0 Å². The molecule has 0 amide bonds. The number of rotatable bonds is 4. The summed E-state index contributed by atoms with van der Waals surface area (Å²) in [5, 5.41) is 1.09. The van der Waals surface area contributed by atoms with Crippen LogP contribution < -0.4 is 5.73 Å². The van der Waals surface area contributed by atoms with E-state index in [1.807, 2.05) is 30.3 Å². The molecule has 3 heterocycles. The molecule has 0 unspecified atom stereocenters. The molecule has 0 aliphatic carbocycles. The van der Waals surface area contributed by atoms with E-state index in [2.05, 4.69) is 39.4 Å². The number of aryl methyl sites for hydroxylation is 2. The SMILES string of the molecule is CCc1nc2c(N)nc3ccccc3c2n1CCCC#Cc1cccnc1. The van der Waals surface area contributed by atoms with E-state index < -0.39 is 0 Å². The molecule has 0 spiro atoms. The summed E-state index contributed by atoms with van der Waals surface area (Å²) in [5.41, 5.74) is 9.92. The standard InChI is InChI=1S/C22H21N5/c1-2-19-26-20-21(17-11-5-6-12-18(17)25-22(20)23)27(19)14-7-3-4-9-16-10-8-13-24-15-16/h5-6,8,10-13,15H,2-3,7,14H2,1H3,(H2,23,25). The summed E-state index contributed by atoms with van der Waals surface area (Å²) >= 11 is 0. The molecule has 0 aliphatic heterocycles. The number of nitrogen functional groups attached to an aromatic ring is 1. The van der Waals surface area contributed by atoms with E-state index in [4.69, 9.17) is 10.7 Å². The summed E-state index contributed by atoms with van der Waals surface area (Å²) in [4.78, 5) is 13.4. The van der Waals surface area contributed by atoms with Crippen molar-refractivity contribution in [1.82, 2.24) is 19.5 Å². The van der Waals surface area contributed by atoms with Crippen molar-refractivity contribution in [3.8, 4) is 11.8 Å². The molecular weight excluding hydrogens is 334 g/mol. The number of para-hydroxylation sites is 1. The number of fused-ring (bicyclic) bond motifs is 3. The molecule has 4 aromatic rings. The van der Waals surface area contributed by atoms with E-state index in [1.54, 1.807) is 12.4 Å². The van der Waals surface area contributed by atoms with Gasteiger partial charge in [-0.25, -0.2) is 9.97 Å². The van der Waals surface area contributed by atoms with Crippen LogP contribution in [0.2, 0.25) is 0 Å². The summed E-state index contributed by atoms with van der Waals surface area (Å²) in [7, 11) is 0. The second-order valence-electron chi connectivity index (χ2n) is 6.39. The van der Waals surface area contributed by atoms with Gasteiger partial charge in [-0.15, -0.1) is 0 Å². The smallest absolute Gasteiger partial charge is 0.152 e. The molecule has 0 radical (unpaired) electrons. The number of hydrogen-bond donors (Lipinski definition) is 1. The molecule has 0 saturated carbocycles. The Hall–Kier alpha value is -3.39. The van der Waals surface area contributed by atoms with Crippen LogP contribution in [0.1, 0.15) is 31.2 Å². The van der Waals surface area contributed by atoms with Crippen molar-refractivity contribution in [2.45, 2.75) is 32.7 Å². The Kier molecular flexibility index (Phi) is 4.71. The first-order valence-corrected chi connectivity index (χ1v) is 9.20. The molecule has 27 heavy (non-hydrogen) atoms. The predicted molar refractivity (Wildman–Crippen MR) is 109 cm³/mol. The lowest BCUT2D eigenvalue weighted by molar-refractivity contribution is 0.641. The van der Waals surface area contributed by atoms with E-state index in [-0.39, 0.29) is 0 Å². The second-order valence-corrected chi connectivity index (χ2v) is 6.39. The van der Waals surface area contributed by atoms with Gasteiger partial charge in [0.05, 0.1) is 11.0 Å². The normalized spacial score (nSPS) is 10.9. The van der Waals surface area contributed by atoms with Gasteiger partial charge < -0.3 is 10.3 Å². The molecule has 2 N–H and O–H groups in total. The first-order valence-electron chi connectivity index (χ1n) is 9.20. The number of pyridine rings is 2. The highest BCUT2D eigenvalue weighted by molar-refractivity contribution is 6.06.